The smallest absolute Gasteiger partial charge is 0.149 e. The molecule has 3 saturated carbocycles. The molecule has 0 aromatic heterocycles. The second-order valence-corrected chi connectivity index (χ2v) is 10.1. The lowest BCUT2D eigenvalue weighted by Gasteiger charge is -2.60. The number of fused-ring (bicyclic) bond motifs is 3. The van der Waals surface area contributed by atoms with Gasteiger partial charge >= 0.3 is 0 Å². The molecule has 0 heterocycles. The fourth-order valence-corrected chi connectivity index (χ4v) is 7.58. The summed E-state index contributed by atoms with van der Waals surface area (Å²) < 4.78 is -0.405. The maximum atomic E-state index is 13.5. The predicted molar refractivity (Wildman–Crippen MR) is 102 cm³/mol. The van der Waals surface area contributed by atoms with E-state index >= 15 is 0 Å². The number of carbonyl (C=O) groups excluding carboxylic acids is 2. The van der Waals surface area contributed by atoms with Crippen LogP contribution in [-0.4, -0.2) is 16.3 Å². The summed E-state index contributed by atoms with van der Waals surface area (Å²) in [6, 6.07) is 10.3. The predicted octanol–water partition coefficient (Wildman–Crippen LogP) is 5.30. The number of benzene rings is 1. The van der Waals surface area contributed by atoms with Crippen LogP contribution in [0, 0.1) is 23.2 Å². The summed E-state index contributed by atoms with van der Waals surface area (Å²) in [4.78, 5) is 27.3. The molecule has 2 nitrogen and oxygen atoms in total. The van der Waals surface area contributed by atoms with Crippen molar-refractivity contribution >= 4 is 23.3 Å². The van der Waals surface area contributed by atoms with Crippen molar-refractivity contribution in [2.24, 2.45) is 23.2 Å². The highest BCUT2D eigenvalue weighted by Crippen LogP contribution is 2.64. The van der Waals surface area contributed by atoms with Crippen molar-refractivity contribution in [2.75, 3.05) is 0 Å². The Morgan fingerprint density at radius 3 is 2.60 bits per heavy atom. The molecule has 0 bridgehead atoms. The molecule has 3 aliphatic rings. The Bertz CT molecular complexity index is 685. The van der Waals surface area contributed by atoms with Crippen molar-refractivity contribution in [2.45, 2.75) is 68.4 Å². The van der Waals surface area contributed by atoms with E-state index in [2.05, 4.69) is 19.1 Å². The normalized spacial score (nSPS) is 41.1. The molecule has 0 N–H and O–H groups in total. The van der Waals surface area contributed by atoms with E-state index < -0.39 is 4.75 Å². The number of rotatable bonds is 2. The van der Waals surface area contributed by atoms with Crippen LogP contribution in [0.15, 0.2) is 35.2 Å². The van der Waals surface area contributed by atoms with Crippen molar-refractivity contribution in [3.63, 3.8) is 0 Å². The van der Waals surface area contributed by atoms with Gasteiger partial charge in [0.05, 0.1) is 4.75 Å². The van der Waals surface area contributed by atoms with E-state index in [1.807, 2.05) is 25.1 Å². The molecule has 25 heavy (non-hydrogen) atoms. The Morgan fingerprint density at radius 1 is 1.08 bits per heavy atom. The second kappa shape index (κ2) is 6.26. The lowest BCUT2D eigenvalue weighted by molar-refractivity contribution is -0.145. The second-order valence-electron chi connectivity index (χ2n) is 8.71. The van der Waals surface area contributed by atoms with Crippen LogP contribution in [-0.2, 0) is 9.59 Å². The number of Topliss-reactive ketones (excluding diaryl/α,β-unsaturated/α-hetero) is 2. The third kappa shape index (κ3) is 2.70. The van der Waals surface area contributed by atoms with E-state index in [9.17, 15) is 9.59 Å². The molecule has 3 heteroatoms. The average molecular weight is 357 g/mol. The third-order valence-corrected chi connectivity index (χ3v) is 8.87. The minimum absolute atomic E-state index is 0.000141. The SMILES string of the molecule is C[C@@H]1C[C@]2(Sc3ccccc3)C(=O)C[C@@H]3CCCC[C@]3(C)[C@@H]2CC1=O. The van der Waals surface area contributed by atoms with Crippen molar-refractivity contribution in [3.8, 4) is 0 Å². The van der Waals surface area contributed by atoms with Gasteiger partial charge in [0.25, 0.3) is 0 Å². The van der Waals surface area contributed by atoms with Crippen LogP contribution < -0.4 is 0 Å². The summed E-state index contributed by atoms with van der Waals surface area (Å²) in [5, 5.41) is 0. The fourth-order valence-electron chi connectivity index (χ4n) is 5.84. The van der Waals surface area contributed by atoms with Gasteiger partial charge in [-0.1, -0.05) is 44.9 Å². The summed E-state index contributed by atoms with van der Waals surface area (Å²) in [6.45, 7) is 4.41. The zero-order valence-electron chi connectivity index (χ0n) is 15.3. The van der Waals surface area contributed by atoms with Gasteiger partial charge in [0.15, 0.2) is 0 Å². The summed E-state index contributed by atoms with van der Waals surface area (Å²) in [5.41, 5.74) is 0.143. The maximum Gasteiger partial charge on any atom is 0.149 e. The molecular weight excluding hydrogens is 328 g/mol. The Kier molecular flexibility index (Phi) is 4.34. The summed E-state index contributed by atoms with van der Waals surface area (Å²) in [7, 11) is 0. The number of hydrogen-bond acceptors (Lipinski definition) is 3. The monoisotopic (exact) mass is 356 g/mol. The minimum atomic E-state index is -0.405. The molecule has 5 atom stereocenters. The van der Waals surface area contributed by atoms with Crippen LogP contribution in [0.4, 0.5) is 0 Å². The Balaban J connectivity index is 1.79. The molecule has 134 valence electrons. The van der Waals surface area contributed by atoms with Crippen LogP contribution >= 0.6 is 11.8 Å². The van der Waals surface area contributed by atoms with Crippen LogP contribution in [0.25, 0.3) is 0 Å². The summed E-state index contributed by atoms with van der Waals surface area (Å²) in [5.74, 6) is 1.45. The van der Waals surface area contributed by atoms with Gasteiger partial charge in [-0.15, -0.1) is 11.8 Å². The molecule has 1 aromatic rings. The van der Waals surface area contributed by atoms with E-state index in [4.69, 9.17) is 0 Å². The minimum Gasteiger partial charge on any atom is -0.299 e. The van der Waals surface area contributed by atoms with Crippen LogP contribution in [0.2, 0.25) is 0 Å². The third-order valence-electron chi connectivity index (χ3n) is 7.32. The zero-order chi connectivity index (χ0) is 17.7. The van der Waals surface area contributed by atoms with Crippen LogP contribution in [0.1, 0.15) is 58.8 Å². The molecular formula is C22H28O2S. The standard InChI is InChI=1S/C22H28O2S/c1-15-14-22(25-17-9-4-3-5-10-17)19(13-18(15)23)21(2)11-7-6-8-16(21)12-20(22)24/h3-5,9-10,15-16,19H,6-8,11-14H2,1-2H3/t15-,16+,19+,21+,22-/m1/s1. The van der Waals surface area contributed by atoms with Gasteiger partial charge in [0, 0.05) is 23.7 Å². The van der Waals surface area contributed by atoms with E-state index in [0.29, 0.717) is 30.3 Å². The highest BCUT2D eigenvalue weighted by Gasteiger charge is 2.63. The fraction of sp³-hybridized carbons (Fsp3) is 0.636. The van der Waals surface area contributed by atoms with Gasteiger partial charge in [0.2, 0.25) is 0 Å². The first kappa shape index (κ1) is 17.3. The molecule has 0 saturated heterocycles. The number of ketones is 2. The highest BCUT2D eigenvalue weighted by atomic mass is 32.2. The maximum absolute atomic E-state index is 13.5. The molecule has 0 aliphatic heterocycles. The van der Waals surface area contributed by atoms with E-state index in [0.717, 1.165) is 12.8 Å². The van der Waals surface area contributed by atoms with E-state index in [1.165, 1.54) is 24.2 Å². The Labute approximate surface area is 155 Å². The summed E-state index contributed by atoms with van der Waals surface area (Å²) in [6.07, 6.45) is 6.85. The molecule has 1 aromatic carbocycles. The zero-order valence-corrected chi connectivity index (χ0v) is 16.1. The largest absolute Gasteiger partial charge is 0.299 e. The van der Waals surface area contributed by atoms with Gasteiger partial charge in [0.1, 0.15) is 11.6 Å². The molecule has 0 unspecified atom stereocenters. The molecule has 0 spiro atoms. The molecule has 3 fully saturated rings. The van der Waals surface area contributed by atoms with Gasteiger partial charge in [-0.25, -0.2) is 0 Å². The van der Waals surface area contributed by atoms with Crippen LogP contribution in [0.3, 0.4) is 0 Å². The van der Waals surface area contributed by atoms with Crippen LogP contribution in [0.5, 0.6) is 0 Å². The molecule has 0 radical (unpaired) electrons. The molecule has 0 amide bonds. The van der Waals surface area contributed by atoms with Gasteiger partial charge < -0.3 is 0 Å². The topological polar surface area (TPSA) is 34.1 Å². The first-order valence-corrected chi connectivity index (χ1v) is 10.6. The van der Waals surface area contributed by atoms with Crippen molar-refractivity contribution in [1.29, 1.82) is 0 Å². The van der Waals surface area contributed by atoms with Crippen molar-refractivity contribution in [3.05, 3.63) is 30.3 Å². The van der Waals surface area contributed by atoms with E-state index in [1.54, 1.807) is 11.8 Å². The molecule has 4 rings (SSSR count). The van der Waals surface area contributed by atoms with E-state index in [-0.39, 0.29) is 17.3 Å². The van der Waals surface area contributed by atoms with Gasteiger partial charge in [-0.05, 0) is 48.6 Å². The van der Waals surface area contributed by atoms with Gasteiger partial charge in [-0.2, -0.15) is 0 Å². The first-order valence-electron chi connectivity index (χ1n) is 9.76. The number of carbonyl (C=O) groups is 2. The van der Waals surface area contributed by atoms with Crippen molar-refractivity contribution < 1.29 is 9.59 Å². The highest BCUT2D eigenvalue weighted by molar-refractivity contribution is 8.01. The van der Waals surface area contributed by atoms with Gasteiger partial charge in [-0.3, -0.25) is 9.59 Å². The van der Waals surface area contributed by atoms with Crippen molar-refractivity contribution in [1.82, 2.24) is 0 Å². The Morgan fingerprint density at radius 2 is 1.84 bits per heavy atom. The number of thioether (sulfide) groups is 1. The lowest BCUT2D eigenvalue weighted by Crippen LogP contribution is -2.62. The quantitative estimate of drug-likeness (QED) is 0.721. The Hall–Kier alpha value is -1.09. The average Bonchev–Trinajstić information content (AvgIpc) is 2.60. The summed E-state index contributed by atoms with van der Waals surface area (Å²) >= 11 is 1.76. The first-order chi connectivity index (χ1) is 12.0. The lowest BCUT2D eigenvalue weighted by atomic mass is 9.48. The molecule has 3 aliphatic carbocycles. The number of hydrogen-bond donors (Lipinski definition) is 0.